The first-order valence-corrected chi connectivity index (χ1v) is 10.9. The van der Waals surface area contributed by atoms with Crippen LogP contribution in [-0.4, -0.2) is 64.7 Å². The molecule has 0 aliphatic carbocycles. The van der Waals surface area contributed by atoms with Gasteiger partial charge in [0.05, 0.1) is 30.6 Å². The van der Waals surface area contributed by atoms with Gasteiger partial charge in [0.1, 0.15) is 0 Å². The SMILES string of the molecule is Cc1c(C(N)=O)cc(C(=O)CN2CCN(C(=O)c3ccco3)CC2)n1Cc1cccs1. The van der Waals surface area contributed by atoms with Gasteiger partial charge in [-0.25, -0.2) is 0 Å². The number of rotatable bonds is 7. The zero-order valence-corrected chi connectivity index (χ0v) is 18.1. The van der Waals surface area contributed by atoms with Crippen LogP contribution in [0.4, 0.5) is 0 Å². The summed E-state index contributed by atoms with van der Waals surface area (Å²) in [4.78, 5) is 42.2. The predicted octanol–water partition coefficient (Wildman–Crippen LogP) is 2.24. The number of furan rings is 1. The highest BCUT2D eigenvalue weighted by atomic mass is 32.1. The highest BCUT2D eigenvalue weighted by Crippen LogP contribution is 2.21. The van der Waals surface area contributed by atoms with Crippen LogP contribution in [0.15, 0.2) is 46.4 Å². The Hall–Kier alpha value is -3.17. The summed E-state index contributed by atoms with van der Waals surface area (Å²) in [5.41, 5.74) is 7.06. The van der Waals surface area contributed by atoms with Crippen molar-refractivity contribution < 1.29 is 18.8 Å². The smallest absolute Gasteiger partial charge is 0.289 e. The topological polar surface area (TPSA) is 102 Å². The molecule has 9 heteroatoms. The third-order valence-electron chi connectivity index (χ3n) is 5.57. The molecule has 4 heterocycles. The average Bonchev–Trinajstić information content (AvgIpc) is 3.51. The molecule has 1 aliphatic heterocycles. The third kappa shape index (κ3) is 4.47. The minimum atomic E-state index is -0.540. The van der Waals surface area contributed by atoms with Crippen LogP contribution < -0.4 is 5.73 Å². The molecule has 3 aromatic heterocycles. The van der Waals surface area contributed by atoms with Gasteiger partial charge in [-0.1, -0.05) is 6.07 Å². The summed E-state index contributed by atoms with van der Waals surface area (Å²) >= 11 is 1.60. The monoisotopic (exact) mass is 440 g/mol. The number of nitrogens with two attached hydrogens (primary N) is 1. The zero-order valence-electron chi connectivity index (χ0n) is 17.2. The fourth-order valence-corrected chi connectivity index (χ4v) is 4.53. The summed E-state index contributed by atoms with van der Waals surface area (Å²) < 4.78 is 7.05. The van der Waals surface area contributed by atoms with E-state index in [4.69, 9.17) is 10.2 Å². The molecule has 0 atom stereocenters. The maximum atomic E-state index is 13.1. The summed E-state index contributed by atoms with van der Waals surface area (Å²) in [6.45, 7) is 4.77. The first-order chi connectivity index (χ1) is 14.9. The van der Waals surface area contributed by atoms with E-state index in [1.807, 2.05) is 33.9 Å². The number of thiophene rings is 1. The van der Waals surface area contributed by atoms with Crippen molar-refractivity contribution in [1.82, 2.24) is 14.4 Å². The van der Waals surface area contributed by atoms with E-state index in [0.717, 1.165) is 4.88 Å². The largest absolute Gasteiger partial charge is 0.459 e. The van der Waals surface area contributed by atoms with Gasteiger partial charge >= 0.3 is 0 Å². The van der Waals surface area contributed by atoms with Crippen LogP contribution in [-0.2, 0) is 6.54 Å². The van der Waals surface area contributed by atoms with Crippen LogP contribution in [0.1, 0.15) is 42.0 Å². The predicted molar refractivity (Wildman–Crippen MR) is 116 cm³/mol. The van der Waals surface area contributed by atoms with Gasteiger partial charge in [0, 0.05) is 36.8 Å². The van der Waals surface area contributed by atoms with E-state index in [-0.39, 0.29) is 18.2 Å². The Morgan fingerprint density at radius 1 is 1.13 bits per heavy atom. The minimum absolute atomic E-state index is 0.0713. The van der Waals surface area contributed by atoms with E-state index in [1.54, 1.807) is 34.4 Å². The van der Waals surface area contributed by atoms with Crippen molar-refractivity contribution in [2.45, 2.75) is 13.5 Å². The first kappa shape index (κ1) is 21.1. The molecule has 1 saturated heterocycles. The number of primary amides is 1. The Morgan fingerprint density at radius 3 is 2.52 bits per heavy atom. The lowest BCUT2D eigenvalue weighted by molar-refractivity contribution is 0.0595. The van der Waals surface area contributed by atoms with Gasteiger partial charge in [0.15, 0.2) is 11.5 Å². The number of aromatic nitrogens is 1. The number of hydrogen-bond donors (Lipinski definition) is 1. The quantitative estimate of drug-likeness (QED) is 0.568. The Kier molecular flexibility index (Phi) is 6.06. The Bertz CT molecular complexity index is 1080. The second kappa shape index (κ2) is 8.91. The first-order valence-electron chi connectivity index (χ1n) is 10.0. The van der Waals surface area contributed by atoms with E-state index in [1.165, 1.54) is 6.26 Å². The van der Waals surface area contributed by atoms with Crippen LogP contribution in [0.25, 0.3) is 0 Å². The number of piperazine rings is 1. The third-order valence-corrected chi connectivity index (χ3v) is 6.43. The molecule has 1 aliphatic rings. The zero-order chi connectivity index (χ0) is 22.0. The molecule has 31 heavy (non-hydrogen) atoms. The van der Waals surface area contributed by atoms with Crippen LogP contribution in [0.5, 0.6) is 0 Å². The standard InChI is InChI=1S/C22H24N4O4S/c1-15-17(21(23)28)12-18(26(15)13-16-4-3-11-31-16)19(27)14-24-6-8-25(9-7-24)22(29)20-5-2-10-30-20/h2-5,10-12H,6-9,13-14H2,1H3,(H2,23,28). The molecule has 8 nitrogen and oxygen atoms in total. The van der Waals surface area contributed by atoms with Gasteiger partial charge < -0.3 is 19.6 Å². The van der Waals surface area contributed by atoms with Gasteiger partial charge in [0.25, 0.3) is 11.8 Å². The van der Waals surface area contributed by atoms with Gasteiger partial charge in [-0.2, -0.15) is 0 Å². The van der Waals surface area contributed by atoms with E-state index in [0.29, 0.717) is 55.4 Å². The van der Waals surface area contributed by atoms with Crippen molar-refractivity contribution in [2.75, 3.05) is 32.7 Å². The molecule has 0 radical (unpaired) electrons. The molecule has 0 spiro atoms. The highest BCUT2D eigenvalue weighted by molar-refractivity contribution is 7.09. The van der Waals surface area contributed by atoms with Gasteiger partial charge in [-0.15, -0.1) is 11.3 Å². The minimum Gasteiger partial charge on any atom is -0.459 e. The summed E-state index contributed by atoms with van der Waals surface area (Å²) in [7, 11) is 0. The van der Waals surface area contributed by atoms with Crippen molar-refractivity contribution in [3.63, 3.8) is 0 Å². The lowest BCUT2D eigenvalue weighted by atomic mass is 10.2. The van der Waals surface area contributed by atoms with Crippen LogP contribution in [0.3, 0.4) is 0 Å². The molecule has 0 aromatic carbocycles. The van der Waals surface area contributed by atoms with Crippen molar-refractivity contribution in [1.29, 1.82) is 0 Å². The molecule has 1 fully saturated rings. The number of carbonyl (C=O) groups is 3. The van der Waals surface area contributed by atoms with Crippen LogP contribution >= 0.6 is 11.3 Å². The molecule has 2 amide bonds. The second-order valence-corrected chi connectivity index (χ2v) is 8.56. The van der Waals surface area contributed by atoms with Crippen molar-refractivity contribution in [3.05, 3.63) is 69.6 Å². The van der Waals surface area contributed by atoms with Crippen LogP contribution in [0.2, 0.25) is 0 Å². The summed E-state index contributed by atoms with van der Waals surface area (Å²) in [5.74, 6) is -0.424. The van der Waals surface area contributed by atoms with Crippen molar-refractivity contribution >= 4 is 28.9 Å². The molecule has 162 valence electrons. The van der Waals surface area contributed by atoms with Crippen molar-refractivity contribution in [2.24, 2.45) is 5.73 Å². The van der Waals surface area contributed by atoms with E-state index in [2.05, 4.69) is 0 Å². The maximum Gasteiger partial charge on any atom is 0.289 e. The average molecular weight is 441 g/mol. The summed E-state index contributed by atoms with van der Waals surface area (Å²) in [6.07, 6.45) is 1.48. The second-order valence-electron chi connectivity index (χ2n) is 7.53. The Balaban J connectivity index is 1.44. The molecule has 0 unspecified atom stereocenters. The molecule has 2 N–H and O–H groups in total. The lowest BCUT2D eigenvalue weighted by Gasteiger charge is -2.33. The normalized spacial score (nSPS) is 14.7. The molecule has 4 rings (SSSR count). The summed E-state index contributed by atoms with van der Waals surface area (Å²) in [5, 5.41) is 1.98. The van der Waals surface area contributed by atoms with E-state index in [9.17, 15) is 14.4 Å². The summed E-state index contributed by atoms with van der Waals surface area (Å²) in [6, 6.07) is 8.90. The fraction of sp³-hybridized carbons (Fsp3) is 0.318. The van der Waals surface area contributed by atoms with E-state index >= 15 is 0 Å². The number of nitrogens with zero attached hydrogens (tertiary/aromatic N) is 3. The van der Waals surface area contributed by atoms with Crippen molar-refractivity contribution in [3.8, 4) is 0 Å². The number of carbonyl (C=O) groups excluding carboxylic acids is 3. The molecule has 3 aromatic rings. The fourth-order valence-electron chi connectivity index (χ4n) is 3.84. The molecular weight excluding hydrogens is 416 g/mol. The molecule has 0 saturated carbocycles. The number of hydrogen-bond acceptors (Lipinski definition) is 6. The Labute approximate surface area is 183 Å². The molecular formula is C22H24N4O4S. The van der Waals surface area contributed by atoms with Gasteiger partial charge in [-0.3, -0.25) is 19.3 Å². The van der Waals surface area contributed by atoms with Gasteiger partial charge in [-0.05, 0) is 36.6 Å². The van der Waals surface area contributed by atoms with Crippen LogP contribution in [0, 0.1) is 6.92 Å². The Morgan fingerprint density at radius 2 is 1.90 bits per heavy atom. The number of Topliss-reactive ketones (excluding diaryl/α,β-unsaturated/α-hetero) is 1. The maximum absolute atomic E-state index is 13.1. The number of ketones is 1. The molecule has 0 bridgehead atoms. The number of amides is 2. The lowest BCUT2D eigenvalue weighted by Crippen LogP contribution is -2.50. The van der Waals surface area contributed by atoms with Gasteiger partial charge in [0.2, 0.25) is 0 Å². The highest BCUT2D eigenvalue weighted by Gasteiger charge is 2.27. The van der Waals surface area contributed by atoms with E-state index < -0.39 is 5.91 Å².